The highest BCUT2D eigenvalue weighted by atomic mass is 16.2. The minimum atomic E-state index is -0.507. The van der Waals surface area contributed by atoms with Gasteiger partial charge in [-0.25, -0.2) is 9.80 Å². The van der Waals surface area contributed by atoms with Crippen molar-refractivity contribution >= 4 is 12.2 Å². The Balaban J connectivity index is 2.24. The van der Waals surface area contributed by atoms with E-state index in [0.29, 0.717) is 0 Å². The van der Waals surface area contributed by atoms with Crippen molar-refractivity contribution in [2.24, 2.45) is 10.8 Å². The lowest BCUT2D eigenvalue weighted by atomic mass is 10.1. The number of primary amides is 1. The molecule has 0 spiro atoms. The number of hydrogen-bond donors (Lipinski definition) is 1. The summed E-state index contributed by atoms with van der Waals surface area (Å²) in [6.45, 7) is 0. The van der Waals surface area contributed by atoms with Gasteiger partial charge in [0, 0.05) is 12.6 Å². The summed E-state index contributed by atoms with van der Waals surface area (Å²) in [5.41, 5.74) is 6.26. The highest BCUT2D eigenvalue weighted by Gasteiger charge is 2.25. The molecule has 4 nitrogen and oxygen atoms in total. The molecule has 1 aromatic rings. The first-order chi connectivity index (χ1) is 6.79. The van der Waals surface area contributed by atoms with Crippen LogP contribution in [0.25, 0.3) is 0 Å². The summed E-state index contributed by atoms with van der Waals surface area (Å²) in [6, 6.07) is 9.21. The van der Waals surface area contributed by atoms with Crippen LogP contribution in [0.15, 0.2) is 35.4 Å². The lowest BCUT2D eigenvalue weighted by Crippen LogP contribution is -2.31. The fourth-order valence-corrected chi connectivity index (χ4v) is 1.58. The number of rotatable bonds is 1. The highest BCUT2D eigenvalue weighted by molar-refractivity contribution is 5.76. The van der Waals surface area contributed by atoms with E-state index in [1.165, 1.54) is 5.01 Å². The van der Waals surface area contributed by atoms with Crippen LogP contribution in [0.2, 0.25) is 0 Å². The van der Waals surface area contributed by atoms with E-state index in [4.69, 9.17) is 5.73 Å². The van der Waals surface area contributed by atoms with E-state index in [2.05, 4.69) is 5.10 Å². The van der Waals surface area contributed by atoms with Crippen molar-refractivity contribution in [1.29, 1.82) is 0 Å². The average molecular weight is 189 g/mol. The van der Waals surface area contributed by atoms with E-state index in [9.17, 15) is 4.79 Å². The SMILES string of the molecule is NC(=O)N1N=CCC1c1ccccc1. The first-order valence-corrected chi connectivity index (χ1v) is 4.45. The van der Waals surface area contributed by atoms with Gasteiger partial charge in [0.1, 0.15) is 0 Å². The van der Waals surface area contributed by atoms with Gasteiger partial charge in [-0.2, -0.15) is 5.10 Å². The number of hydrazone groups is 1. The van der Waals surface area contributed by atoms with Gasteiger partial charge in [0.2, 0.25) is 0 Å². The van der Waals surface area contributed by atoms with Crippen LogP contribution in [0, 0.1) is 0 Å². The monoisotopic (exact) mass is 189 g/mol. The van der Waals surface area contributed by atoms with Gasteiger partial charge >= 0.3 is 6.03 Å². The topological polar surface area (TPSA) is 58.7 Å². The first kappa shape index (κ1) is 8.74. The van der Waals surface area contributed by atoms with Gasteiger partial charge in [0.25, 0.3) is 0 Å². The van der Waals surface area contributed by atoms with Gasteiger partial charge in [-0.1, -0.05) is 30.3 Å². The summed E-state index contributed by atoms with van der Waals surface area (Å²) in [5.74, 6) is 0. The van der Waals surface area contributed by atoms with Crippen LogP contribution in [-0.2, 0) is 0 Å². The van der Waals surface area contributed by atoms with Crippen LogP contribution < -0.4 is 5.73 Å². The molecule has 72 valence electrons. The van der Waals surface area contributed by atoms with Crippen molar-refractivity contribution in [2.45, 2.75) is 12.5 Å². The van der Waals surface area contributed by atoms with Crippen molar-refractivity contribution in [3.63, 3.8) is 0 Å². The smallest absolute Gasteiger partial charge is 0.335 e. The molecule has 1 atom stereocenters. The normalized spacial score (nSPS) is 20.0. The zero-order valence-corrected chi connectivity index (χ0v) is 7.63. The van der Waals surface area contributed by atoms with Crippen molar-refractivity contribution in [3.8, 4) is 0 Å². The first-order valence-electron chi connectivity index (χ1n) is 4.45. The lowest BCUT2D eigenvalue weighted by molar-refractivity contribution is 0.196. The third-order valence-electron chi connectivity index (χ3n) is 2.24. The van der Waals surface area contributed by atoms with Gasteiger partial charge < -0.3 is 5.73 Å². The molecule has 14 heavy (non-hydrogen) atoms. The van der Waals surface area contributed by atoms with Gasteiger partial charge in [-0.15, -0.1) is 0 Å². The number of nitrogens with zero attached hydrogens (tertiary/aromatic N) is 2. The Kier molecular flexibility index (Phi) is 2.18. The van der Waals surface area contributed by atoms with E-state index < -0.39 is 6.03 Å². The van der Waals surface area contributed by atoms with Gasteiger partial charge in [-0.05, 0) is 5.56 Å². The molecule has 0 bridgehead atoms. The highest BCUT2D eigenvalue weighted by Crippen LogP contribution is 2.27. The maximum Gasteiger partial charge on any atom is 0.335 e. The number of carbonyl (C=O) groups is 1. The molecule has 1 aliphatic heterocycles. The molecular formula is C10H11N3O. The fourth-order valence-electron chi connectivity index (χ4n) is 1.58. The molecule has 2 amide bonds. The van der Waals surface area contributed by atoms with Crippen molar-refractivity contribution in [3.05, 3.63) is 35.9 Å². The zero-order chi connectivity index (χ0) is 9.97. The summed E-state index contributed by atoms with van der Waals surface area (Å²) in [7, 11) is 0. The zero-order valence-electron chi connectivity index (χ0n) is 7.63. The van der Waals surface area contributed by atoms with E-state index in [-0.39, 0.29) is 6.04 Å². The molecule has 1 aromatic carbocycles. The average Bonchev–Trinajstić information content (AvgIpc) is 2.67. The number of nitrogens with two attached hydrogens (primary N) is 1. The Hall–Kier alpha value is -1.84. The summed E-state index contributed by atoms with van der Waals surface area (Å²) < 4.78 is 0. The van der Waals surface area contributed by atoms with E-state index >= 15 is 0 Å². The molecule has 0 aromatic heterocycles. The van der Waals surface area contributed by atoms with Gasteiger partial charge in [0.15, 0.2) is 0 Å². The third-order valence-corrected chi connectivity index (χ3v) is 2.24. The summed E-state index contributed by atoms with van der Waals surface area (Å²) >= 11 is 0. The molecule has 0 saturated heterocycles. The molecule has 2 rings (SSSR count). The number of hydrogen-bond acceptors (Lipinski definition) is 2. The molecule has 2 N–H and O–H groups in total. The standard InChI is InChI=1S/C10H11N3O/c11-10(14)13-9(6-7-12-13)8-4-2-1-3-5-8/h1-5,7,9H,6H2,(H2,11,14). The van der Waals surface area contributed by atoms with E-state index in [1.807, 2.05) is 30.3 Å². The van der Waals surface area contributed by atoms with Crippen molar-refractivity contribution in [1.82, 2.24) is 5.01 Å². The van der Waals surface area contributed by atoms with Crippen LogP contribution in [0.3, 0.4) is 0 Å². The largest absolute Gasteiger partial charge is 0.350 e. The minimum Gasteiger partial charge on any atom is -0.350 e. The Morgan fingerprint density at radius 3 is 2.79 bits per heavy atom. The Bertz CT molecular complexity index is 361. The maximum absolute atomic E-state index is 11.0. The second-order valence-corrected chi connectivity index (χ2v) is 3.14. The molecule has 0 aliphatic carbocycles. The molecule has 0 fully saturated rings. The van der Waals surface area contributed by atoms with Gasteiger partial charge in [0.05, 0.1) is 6.04 Å². The van der Waals surface area contributed by atoms with Gasteiger partial charge in [-0.3, -0.25) is 0 Å². The number of carbonyl (C=O) groups excluding carboxylic acids is 1. The predicted molar refractivity (Wildman–Crippen MR) is 53.7 cm³/mol. The molecule has 1 heterocycles. The summed E-state index contributed by atoms with van der Waals surface area (Å²) in [4.78, 5) is 11.0. The van der Waals surface area contributed by atoms with Crippen molar-refractivity contribution in [2.75, 3.05) is 0 Å². The number of urea groups is 1. The van der Waals surface area contributed by atoms with Crippen LogP contribution >= 0.6 is 0 Å². The second kappa shape index (κ2) is 3.49. The molecular weight excluding hydrogens is 178 g/mol. The predicted octanol–water partition coefficient (Wildman–Crippen LogP) is 1.50. The Morgan fingerprint density at radius 2 is 2.14 bits per heavy atom. The van der Waals surface area contributed by atoms with Crippen LogP contribution in [0.5, 0.6) is 0 Å². The van der Waals surface area contributed by atoms with Crippen molar-refractivity contribution < 1.29 is 4.79 Å². The molecule has 0 saturated carbocycles. The van der Waals surface area contributed by atoms with Crippen LogP contribution in [0.1, 0.15) is 18.0 Å². The molecule has 1 unspecified atom stereocenters. The summed E-state index contributed by atoms with van der Waals surface area (Å²) in [6.07, 6.45) is 2.44. The second-order valence-electron chi connectivity index (χ2n) is 3.14. The molecule has 4 heteroatoms. The van der Waals surface area contributed by atoms with E-state index in [0.717, 1.165) is 12.0 Å². The Labute approximate surface area is 82.0 Å². The quantitative estimate of drug-likeness (QED) is 0.715. The van der Waals surface area contributed by atoms with Crippen LogP contribution in [0.4, 0.5) is 4.79 Å². The Morgan fingerprint density at radius 1 is 1.43 bits per heavy atom. The lowest BCUT2D eigenvalue weighted by Gasteiger charge is -2.19. The third kappa shape index (κ3) is 1.46. The number of amides is 2. The minimum absolute atomic E-state index is 0.0336. The fraction of sp³-hybridized carbons (Fsp3) is 0.200. The summed E-state index contributed by atoms with van der Waals surface area (Å²) in [5, 5.41) is 5.24. The maximum atomic E-state index is 11.0. The number of benzene rings is 1. The molecule has 1 aliphatic rings. The van der Waals surface area contributed by atoms with E-state index in [1.54, 1.807) is 6.21 Å². The van der Waals surface area contributed by atoms with Crippen LogP contribution in [-0.4, -0.2) is 17.3 Å². The molecule has 0 radical (unpaired) electrons.